The van der Waals surface area contributed by atoms with E-state index in [9.17, 15) is 4.79 Å². The summed E-state index contributed by atoms with van der Waals surface area (Å²) < 4.78 is 0. The average Bonchev–Trinajstić information content (AvgIpc) is 2.90. The van der Waals surface area contributed by atoms with E-state index in [1.165, 1.54) is 30.6 Å². The Labute approximate surface area is 129 Å². The van der Waals surface area contributed by atoms with E-state index < -0.39 is 0 Å². The van der Waals surface area contributed by atoms with E-state index in [-0.39, 0.29) is 5.91 Å². The van der Waals surface area contributed by atoms with Crippen molar-refractivity contribution in [2.45, 2.75) is 38.5 Å². The van der Waals surface area contributed by atoms with Crippen LogP contribution in [0.25, 0.3) is 0 Å². The molecule has 0 atom stereocenters. The number of aromatic nitrogens is 1. The maximum absolute atomic E-state index is 12.1. The number of carbonyl (C=O) groups excluding carboxylic acids is 1. The molecule has 0 unspecified atom stereocenters. The standard InChI is InChI=1S/C15H22N4OS/c1-2-3-4-6-9-17-14(20)12-13(16)18-15(21-12)19-10-7-5-8-11-19/h1H,3-11,16H2,(H,17,20). The normalized spacial score (nSPS) is 14.7. The molecule has 1 amide bonds. The van der Waals surface area contributed by atoms with Crippen molar-refractivity contribution in [1.82, 2.24) is 10.3 Å². The lowest BCUT2D eigenvalue weighted by Gasteiger charge is -2.25. The molecule has 6 heteroatoms. The van der Waals surface area contributed by atoms with E-state index in [0.29, 0.717) is 17.2 Å². The number of carbonyl (C=O) groups is 1. The molecule has 2 rings (SSSR count). The highest BCUT2D eigenvalue weighted by Gasteiger charge is 2.20. The molecule has 5 nitrogen and oxygen atoms in total. The first-order valence-electron chi connectivity index (χ1n) is 7.45. The zero-order chi connectivity index (χ0) is 15.1. The molecule has 3 N–H and O–H groups in total. The molecule has 0 aromatic carbocycles. The second kappa shape index (κ2) is 7.89. The maximum atomic E-state index is 12.1. The van der Waals surface area contributed by atoms with Crippen LogP contribution in [0.4, 0.5) is 10.9 Å². The molecule has 0 spiro atoms. The minimum absolute atomic E-state index is 0.131. The number of hydrogen-bond acceptors (Lipinski definition) is 5. The molecule has 1 saturated heterocycles. The summed E-state index contributed by atoms with van der Waals surface area (Å²) in [6.07, 6.45) is 11.4. The van der Waals surface area contributed by atoms with Gasteiger partial charge in [0.05, 0.1) is 0 Å². The Bertz CT molecular complexity index is 514. The van der Waals surface area contributed by atoms with Gasteiger partial charge < -0.3 is 16.0 Å². The highest BCUT2D eigenvalue weighted by Crippen LogP contribution is 2.29. The highest BCUT2D eigenvalue weighted by atomic mass is 32.1. The predicted octanol–water partition coefficient (Wildman–Crippen LogP) is 2.25. The minimum Gasteiger partial charge on any atom is -0.382 e. The van der Waals surface area contributed by atoms with E-state index in [1.807, 2.05) is 0 Å². The summed E-state index contributed by atoms with van der Waals surface area (Å²) in [5.74, 6) is 2.79. The topological polar surface area (TPSA) is 71.2 Å². The van der Waals surface area contributed by atoms with Crippen LogP contribution in [0.5, 0.6) is 0 Å². The van der Waals surface area contributed by atoms with Crippen molar-refractivity contribution in [3.05, 3.63) is 4.88 Å². The van der Waals surface area contributed by atoms with Gasteiger partial charge in [0.15, 0.2) is 5.13 Å². The van der Waals surface area contributed by atoms with Gasteiger partial charge in [0, 0.05) is 26.1 Å². The van der Waals surface area contributed by atoms with Crippen LogP contribution >= 0.6 is 11.3 Å². The summed E-state index contributed by atoms with van der Waals surface area (Å²) in [5.41, 5.74) is 5.89. The second-order valence-corrected chi connectivity index (χ2v) is 6.15. The smallest absolute Gasteiger partial charge is 0.265 e. The van der Waals surface area contributed by atoms with Gasteiger partial charge >= 0.3 is 0 Å². The zero-order valence-corrected chi connectivity index (χ0v) is 13.0. The molecule has 2 heterocycles. The third-order valence-corrected chi connectivity index (χ3v) is 4.64. The SMILES string of the molecule is C#CCCCCNC(=O)c1sc(N2CCCCC2)nc1N. The van der Waals surface area contributed by atoms with Crippen LogP contribution in [0.3, 0.4) is 0 Å². The highest BCUT2D eigenvalue weighted by molar-refractivity contribution is 7.18. The third-order valence-electron chi connectivity index (χ3n) is 3.51. The van der Waals surface area contributed by atoms with E-state index in [2.05, 4.69) is 21.1 Å². The van der Waals surface area contributed by atoms with Gasteiger partial charge in [-0.15, -0.1) is 12.3 Å². The molecule has 1 aromatic rings. The monoisotopic (exact) mass is 306 g/mol. The number of piperidine rings is 1. The number of hydrogen-bond donors (Lipinski definition) is 2. The van der Waals surface area contributed by atoms with Crippen molar-refractivity contribution in [2.24, 2.45) is 0 Å². The first kappa shape index (κ1) is 15.6. The molecule has 0 saturated carbocycles. The van der Waals surface area contributed by atoms with Crippen LogP contribution in [-0.2, 0) is 0 Å². The number of nitrogen functional groups attached to an aromatic ring is 1. The first-order valence-corrected chi connectivity index (χ1v) is 8.27. The number of amides is 1. The van der Waals surface area contributed by atoms with Gasteiger partial charge in [0.25, 0.3) is 5.91 Å². The van der Waals surface area contributed by atoms with Crippen molar-refractivity contribution in [3.8, 4) is 12.3 Å². The molecular weight excluding hydrogens is 284 g/mol. The lowest BCUT2D eigenvalue weighted by Crippen LogP contribution is -2.29. The van der Waals surface area contributed by atoms with Crippen molar-refractivity contribution in [2.75, 3.05) is 30.3 Å². The number of unbranched alkanes of at least 4 members (excludes halogenated alkanes) is 2. The molecule has 1 aliphatic heterocycles. The second-order valence-electron chi connectivity index (χ2n) is 5.18. The summed E-state index contributed by atoms with van der Waals surface area (Å²) in [6.45, 7) is 2.62. The van der Waals surface area contributed by atoms with Crippen molar-refractivity contribution in [1.29, 1.82) is 0 Å². The minimum atomic E-state index is -0.131. The molecular formula is C15H22N4OS. The number of nitrogens with one attached hydrogen (secondary N) is 1. The third kappa shape index (κ3) is 4.36. The van der Waals surface area contributed by atoms with Gasteiger partial charge in [0.2, 0.25) is 0 Å². The summed E-state index contributed by atoms with van der Waals surface area (Å²) in [7, 11) is 0. The van der Waals surface area contributed by atoms with Gasteiger partial charge in [-0.05, 0) is 32.1 Å². The van der Waals surface area contributed by atoms with Crippen LogP contribution in [0.15, 0.2) is 0 Å². The molecule has 21 heavy (non-hydrogen) atoms. The largest absolute Gasteiger partial charge is 0.382 e. The van der Waals surface area contributed by atoms with E-state index in [1.54, 1.807) is 0 Å². The summed E-state index contributed by atoms with van der Waals surface area (Å²) >= 11 is 1.39. The number of nitrogens with two attached hydrogens (primary N) is 1. The Kier molecular flexibility index (Phi) is 5.88. The lowest BCUT2D eigenvalue weighted by molar-refractivity contribution is 0.0958. The number of nitrogens with zero attached hydrogens (tertiary/aromatic N) is 2. The summed E-state index contributed by atoms with van der Waals surface area (Å²) in [5, 5.41) is 3.74. The predicted molar refractivity (Wildman–Crippen MR) is 87.6 cm³/mol. The van der Waals surface area contributed by atoms with Crippen molar-refractivity contribution in [3.63, 3.8) is 0 Å². The summed E-state index contributed by atoms with van der Waals surface area (Å²) in [4.78, 5) is 19.2. The number of rotatable bonds is 6. The molecule has 114 valence electrons. The molecule has 0 radical (unpaired) electrons. The number of terminal acetylenes is 1. The summed E-state index contributed by atoms with van der Waals surface area (Å²) in [6, 6.07) is 0. The molecule has 1 aliphatic rings. The van der Waals surface area contributed by atoms with Gasteiger partial charge in [-0.3, -0.25) is 4.79 Å². The quantitative estimate of drug-likeness (QED) is 0.624. The molecule has 1 fully saturated rings. The van der Waals surface area contributed by atoms with Gasteiger partial charge in [-0.2, -0.15) is 0 Å². The first-order chi connectivity index (χ1) is 10.2. The maximum Gasteiger partial charge on any atom is 0.265 e. The van der Waals surface area contributed by atoms with Crippen LogP contribution in [0.1, 0.15) is 48.2 Å². The Hall–Kier alpha value is -1.74. The number of anilines is 2. The van der Waals surface area contributed by atoms with Crippen LogP contribution in [0.2, 0.25) is 0 Å². The van der Waals surface area contributed by atoms with Crippen molar-refractivity contribution >= 4 is 28.2 Å². The van der Waals surface area contributed by atoms with Crippen LogP contribution < -0.4 is 16.0 Å². The Morgan fingerprint density at radius 3 is 2.86 bits per heavy atom. The fourth-order valence-corrected chi connectivity index (χ4v) is 3.29. The van der Waals surface area contributed by atoms with Crippen LogP contribution in [-0.4, -0.2) is 30.5 Å². The fourth-order valence-electron chi connectivity index (χ4n) is 2.34. The van der Waals surface area contributed by atoms with Crippen LogP contribution in [0, 0.1) is 12.3 Å². The Morgan fingerprint density at radius 2 is 2.14 bits per heavy atom. The Morgan fingerprint density at radius 1 is 1.38 bits per heavy atom. The average molecular weight is 306 g/mol. The van der Waals surface area contributed by atoms with Gasteiger partial charge in [-0.25, -0.2) is 4.98 Å². The molecule has 0 aliphatic carbocycles. The van der Waals surface area contributed by atoms with Gasteiger partial charge in [0.1, 0.15) is 10.7 Å². The van der Waals surface area contributed by atoms with E-state index in [0.717, 1.165) is 37.5 Å². The van der Waals surface area contributed by atoms with Gasteiger partial charge in [-0.1, -0.05) is 11.3 Å². The molecule has 0 bridgehead atoms. The molecule has 1 aromatic heterocycles. The van der Waals surface area contributed by atoms with E-state index >= 15 is 0 Å². The zero-order valence-electron chi connectivity index (χ0n) is 12.2. The lowest BCUT2D eigenvalue weighted by atomic mass is 10.1. The van der Waals surface area contributed by atoms with Crippen molar-refractivity contribution < 1.29 is 4.79 Å². The number of thiazole rings is 1. The van der Waals surface area contributed by atoms with E-state index in [4.69, 9.17) is 12.2 Å². The fraction of sp³-hybridized carbons (Fsp3) is 0.600. The Balaban J connectivity index is 1.89.